The van der Waals surface area contributed by atoms with E-state index in [-0.39, 0.29) is 29.5 Å². The van der Waals surface area contributed by atoms with Crippen LogP contribution in [0.1, 0.15) is 10.4 Å². The molecule has 0 unspecified atom stereocenters. The van der Waals surface area contributed by atoms with E-state index in [2.05, 4.69) is 0 Å². The molecule has 0 saturated heterocycles. The van der Waals surface area contributed by atoms with Gasteiger partial charge in [0.1, 0.15) is 24.7 Å². The van der Waals surface area contributed by atoms with Crippen LogP contribution in [0.3, 0.4) is 0 Å². The van der Waals surface area contributed by atoms with Crippen molar-refractivity contribution in [1.29, 1.82) is 0 Å². The van der Waals surface area contributed by atoms with Crippen LogP contribution in [0.2, 0.25) is 5.02 Å². The largest absolute Gasteiger partial charge is 0.497 e. The number of halogens is 1. The molecule has 0 aliphatic heterocycles. The van der Waals surface area contributed by atoms with E-state index in [0.29, 0.717) is 11.5 Å². The van der Waals surface area contributed by atoms with Gasteiger partial charge < -0.3 is 14.2 Å². The van der Waals surface area contributed by atoms with Crippen molar-refractivity contribution in [1.82, 2.24) is 0 Å². The molecule has 0 aliphatic carbocycles. The van der Waals surface area contributed by atoms with Gasteiger partial charge in [0, 0.05) is 12.1 Å². The maximum atomic E-state index is 11.9. The summed E-state index contributed by atoms with van der Waals surface area (Å²) in [4.78, 5) is 22.1. The Balaban J connectivity index is 1.86. The Morgan fingerprint density at radius 1 is 1.12 bits per heavy atom. The predicted octanol–water partition coefficient (Wildman–Crippen LogP) is 3.49. The first-order valence-corrected chi connectivity index (χ1v) is 7.27. The van der Waals surface area contributed by atoms with E-state index in [1.807, 2.05) is 0 Å². The summed E-state index contributed by atoms with van der Waals surface area (Å²) < 4.78 is 15.5. The Hall–Kier alpha value is -2.80. The summed E-state index contributed by atoms with van der Waals surface area (Å²) in [5.41, 5.74) is -0.295. The number of esters is 1. The number of carbonyl (C=O) groups is 1. The molecule has 0 radical (unpaired) electrons. The summed E-state index contributed by atoms with van der Waals surface area (Å²) in [6, 6.07) is 10.5. The van der Waals surface area contributed by atoms with E-state index in [1.54, 1.807) is 31.4 Å². The van der Waals surface area contributed by atoms with E-state index in [4.69, 9.17) is 25.8 Å². The fourth-order valence-electron chi connectivity index (χ4n) is 1.83. The van der Waals surface area contributed by atoms with Crippen molar-refractivity contribution >= 4 is 23.3 Å². The van der Waals surface area contributed by atoms with Gasteiger partial charge in [0.2, 0.25) is 0 Å². The maximum Gasteiger partial charge on any atom is 0.340 e. The van der Waals surface area contributed by atoms with Gasteiger partial charge in [-0.15, -0.1) is 0 Å². The number of nitrogens with zero attached hydrogens (tertiary/aromatic N) is 1. The van der Waals surface area contributed by atoms with Crippen LogP contribution in [0.5, 0.6) is 11.5 Å². The van der Waals surface area contributed by atoms with E-state index in [0.717, 1.165) is 6.07 Å². The monoisotopic (exact) mass is 351 g/mol. The Morgan fingerprint density at radius 2 is 1.79 bits per heavy atom. The van der Waals surface area contributed by atoms with E-state index < -0.39 is 10.9 Å². The number of hydrogen-bond donors (Lipinski definition) is 0. The zero-order chi connectivity index (χ0) is 17.5. The second kappa shape index (κ2) is 8.16. The van der Waals surface area contributed by atoms with Gasteiger partial charge in [0.05, 0.1) is 22.6 Å². The molecule has 2 aromatic carbocycles. The van der Waals surface area contributed by atoms with Crippen molar-refractivity contribution in [2.45, 2.75) is 0 Å². The Labute approximate surface area is 142 Å². The Bertz CT molecular complexity index is 732. The summed E-state index contributed by atoms with van der Waals surface area (Å²) in [7, 11) is 1.56. The van der Waals surface area contributed by atoms with Crippen LogP contribution >= 0.6 is 11.6 Å². The van der Waals surface area contributed by atoms with Crippen molar-refractivity contribution in [3.8, 4) is 11.5 Å². The number of methoxy groups -OCH3 is 1. The number of carbonyl (C=O) groups excluding carboxylic acids is 1. The summed E-state index contributed by atoms with van der Waals surface area (Å²) in [6.07, 6.45) is 0. The van der Waals surface area contributed by atoms with Crippen molar-refractivity contribution in [2.75, 3.05) is 20.3 Å². The lowest BCUT2D eigenvalue weighted by molar-refractivity contribution is -0.384. The minimum atomic E-state index is -0.748. The SMILES string of the molecule is COc1ccc(OCCOC(=O)c2cc([N+](=O)[O-])ccc2Cl)cc1. The first-order valence-electron chi connectivity index (χ1n) is 6.89. The normalized spacial score (nSPS) is 10.1. The van der Waals surface area contributed by atoms with Gasteiger partial charge in [-0.3, -0.25) is 10.1 Å². The molecule has 0 N–H and O–H groups in total. The number of nitro benzene ring substituents is 1. The van der Waals surface area contributed by atoms with E-state index in [9.17, 15) is 14.9 Å². The Kier molecular flexibility index (Phi) is 5.97. The van der Waals surface area contributed by atoms with Crippen molar-refractivity contribution < 1.29 is 23.9 Å². The molecule has 0 bridgehead atoms. The number of benzene rings is 2. The van der Waals surface area contributed by atoms with Gasteiger partial charge in [0.15, 0.2) is 0 Å². The summed E-state index contributed by atoms with van der Waals surface area (Å²) in [5, 5.41) is 10.8. The molecule has 0 saturated carbocycles. The number of rotatable bonds is 7. The molecule has 0 atom stereocenters. The number of nitro groups is 1. The average molecular weight is 352 g/mol. The van der Waals surface area contributed by atoms with Gasteiger partial charge in [-0.25, -0.2) is 4.79 Å². The third kappa shape index (κ3) is 4.60. The fraction of sp³-hybridized carbons (Fsp3) is 0.188. The number of hydrogen-bond acceptors (Lipinski definition) is 6. The van der Waals surface area contributed by atoms with Crippen LogP contribution in [0.25, 0.3) is 0 Å². The molecule has 2 aromatic rings. The molecule has 8 heteroatoms. The molecule has 0 heterocycles. The number of ether oxygens (including phenoxy) is 3. The lowest BCUT2D eigenvalue weighted by Crippen LogP contribution is -2.13. The highest BCUT2D eigenvalue weighted by Gasteiger charge is 2.17. The first kappa shape index (κ1) is 17.6. The molecule has 24 heavy (non-hydrogen) atoms. The highest BCUT2D eigenvalue weighted by molar-refractivity contribution is 6.33. The highest BCUT2D eigenvalue weighted by atomic mass is 35.5. The molecular formula is C16H14ClNO6. The molecule has 0 amide bonds. The molecular weight excluding hydrogens is 338 g/mol. The van der Waals surface area contributed by atoms with E-state index >= 15 is 0 Å². The third-order valence-electron chi connectivity index (χ3n) is 3.03. The molecule has 0 aliphatic rings. The fourth-order valence-corrected chi connectivity index (χ4v) is 2.02. The van der Waals surface area contributed by atoms with Crippen LogP contribution in [-0.4, -0.2) is 31.2 Å². The van der Waals surface area contributed by atoms with Crippen LogP contribution in [0.4, 0.5) is 5.69 Å². The van der Waals surface area contributed by atoms with Crippen molar-refractivity contribution in [3.05, 3.63) is 63.2 Å². The van der Waals surface area contributed by atoms with Crippen LogP contribution < -0.4 is 9.47 Å². The molecule has 2 rings (SSSR count). The average Bonchev–Trinajstić information content (AvgIpc) is 2.59. The van der Waals surface area contributed by atoms with E-state index in [1.165, 1.54) is 12.1 Å². The van der Waals surface area contributed by atoms with Crippen LogP contribution in [-0.2, 0) is 4.74 Å². The zero-order valence-corrected chi connectivity index (χ0v) is 13.5. The third-order valence-corrected chi connectivity index (χ3v) is 3.35. The predicted molar refractivity (Wildman–Crippen MR) is 86.9 cm³/mol. The number of non-ortho nitro benzene ring substituents is 1. The van der Waals surface area contributed by atoms with Crippen LogP contribution in [0.15, 0.2) is 42.5 Å². The van der Waals surface area contributed by atoms with Gasteiger partial charge in [-0.2, -0.15) is 0 Å². The lowest BCUT2D eigenvalue weighted by atomic mass is 10.2. The molecule has 0 fully saturated rings. The summed E-state index contributed by atoms with van der Waals surface area (Å²) in [5.74, 6) is 0.552. The second-order valence-corrected chi connectivity index (χ2v) is 4.99. The topological polar surface area (TPSA) is 87.9 Å². The lowest BCUT2D eigenvalue weighted by Gasteiger charge is -2.08. The molecule has 0 spiro atoms. The van der Waals surface area contributed by atoms with Crippen molar-refractivity contribution in [3.63, 3.8) is 0 Å². The summed E-state index contributed by atoms with van der Waals surface area (Å²) in [6.45, 7) is 0.106. The van der Waals surface area contributed by atoms with Gasteiger partial charge in [0.25, 0.3) is 5.69 Å². The maximum absolute atomic E-state index is 11.9. The summed E-state index contributed by atoms with van der Waals surface area (Å²) >= 11 is 5.87. The Morgan fingerprint density at radius 3 is 2.42 bits per heavy atom. The zero-order valence-electron chi connectivity index (χ0n) is 12.7. The minimum absolute atomic E-state index is 0.0239. The smallest absolute Gasteiger partial charge is 0.340 e. The second-order valence-electron chi connectivity index (χ2n) is 4.58. The van der Waals surface area contributed by atoms with Gasteiger partial charge in [-0.1, -0.05) is 11.6 Å². The first-order chi connectivity index (χ1) is 11.5. The van der Waals surface area contributed by atoms with Gasteiger partial charge in [-0.05, 0) is 30.3 Å². The standard InChI is InChI=1S/C16H14ClNO6/c1-22-12-3-5-13(6-4-12)23-8-9-24-16(19)14-10-11(18(20)21)2-7-15(14)17/h2-7,10H,8-9H2,1H3. The highest BCUT2D eigenvalue weighted by Crippen LogP contribution is 2.23. The van der Waals surface area contributed by atoms with Gasteiger partial charge >= 0.3 is 5.97 Å². The molecule has 126 valence electrons. The quantitative estimate of drug-likeness (QED) is 0.328. The van der Waals surface area contributed by atoms with Crippen molar-refractivity contribution in [2.24, 2.45) is 0 Å². The minimum Gasteiger partial charge on any atom is -0.497 e. The molecule has 0 aromatic heterocycles. The molecule has 7 nitrogen and oxygen atoms in total. The van der Waals surface area contributed by atoms with Crippen LogP contribution in [0, 0.1) is 10.1 Å².